The molecule has 0 aromatic carbocycles. The molecule has 2 aromatic heterocycles. The second-order valence-corrected chi connectivity index (χ2v) is 7.36. The lowest BCUT2D eigenvalue weighted by molar-refractivity contribution is -0.131. The van der Waals surface area contributed by atoms with Gasteiger partial charge in [-0.1, -0.05) is 24.2 Å². The zero-order valence-electron chi connectivity index (χ0n) is 12.7. The van der Waals surface area contributed by atoms with E-state index in [0.717, 1.165) is 41.7 Å². The Hall–Kier alpha value is -1.50. The summed E-state index contributed by atoms with van der Waals surface area (Å²) in [5, 5.41) is 14.0. The number of rotatable bonds is 4. The van der Waals surface area contributed by atoms with Crippen molar-refractivity contribution in [1.82, 2.24) is 24.7 Å². The largest absolute Gasteiger partial charge is 0.343 e. The second kappa shape index (κ2) is 5.95. The molecular formula is C15H21N5OS. The number of amides is 1. The van der Waals surface area contributed by atoms with Gasteiger partial charge < -0.3 is 4.90 Å². The smallest absolute Gasteiger partial charge is 0.234 e. The number of likely N-dealkylation sites (tertiary alicyclic amines) is 1. The molecule has 0 bridgehead atoms. The van der Waals surface area contributed by atoms with Gasteiger partial charge in [0.15, 0.2) is 5.82 Å². The molecule has 1 saturated carbocycles. The molecule has 2 aromatic rings. The van der Waals surface area contributed by atoms with Crippen molar-refractivity contribution in [2.45, 2.75) is 57.3 Å². The maximum absolute atomic E-state index is 12.3. The number of hydrogen-bond acceptors (Lipinski definition) is 5. The van der Waals surface area contributed by atoms with Crippen molar-refractivity contribution in [3.63, 3.8) is 0 Å². The van der Waals surface area contributed by atoms with E-state index in [1.807, 2.05) is 9.42 Å². The summed E-state index contributed by atoms with van der Waals surface area (Å²) in [5.41, 5.74) is 0. The Bertz CT molecular complexity index is 667. The standard InChI is InChI=1S/C15H21N5OS/c21-13(19-9-3-1-2-4-10-19)8-7-12-18-20-14(11-5-6-11)16-17-15(20)22-12/h11H,1-10H2. The summed E-state index contributed by atoms with van der Waals surface area (Å²) in [6, 6.07) is 0. The quantitative estimate of drug-likeness (QED) is 0.868. The molecule has 3 heterocycles. The van der Waals surface area contributed by atoms with E-state index in [4.69, 9.17) is 0 Å². The van der Waals surface area contributed by atoms with Crippen LogP contribution in [-0.2, 0) is 11.2 Å². The van der Waals surface area contributed by atoms with Gasteiger partial charge in [-0.25, -0.2) is 0 Å². The van der Waals surface area contributed by atoms with Crippen LogP contribution in [0.5, 0.6) is 0 Å². The molecule has 1 amide bonds. The summed E-state index contributed by atoms with van der Waals surface area (Å²) in [4.78, 5) is 15.2. The van der Waals surface area contributed by atoms with Crippen molar-refractivity contribution < 1.29 is 4.79 Å². The summed E-state index contributed by atoms with van der Waals surface area (Å²) in [6.07, 6.45) is 8.47. The van der Waals surface area contributed by atoms with Gasteiger partial charge >= 0.3 is 0 Å². The number of aromatic nitrogens is 4. The van der Waals surface area contributed by atoms with Gasteiger partial charge in [0.05, 0.1) is 0 Å². The van der Waals surface area contributed by atoms with Crippen LogP contribution in [0.3, 0.4) is 0 Å². The molecule has 1 aliphatic carbocycles. The van der Waals surface area contributed by atoms with E-state index in [0.29, 0.717) is 18.8 Å². The van der Waals surface area contributed by atoms with E-state index in [-0.39, 0.29) is 5.91 Å². The monoisotopic (exact) mass is 319 g/mol. The first-order valence-electron chi connectivity index (χ1n) is 8.30. The van der Waals surface area contributed by atoms with Gasteiger partial charge in [-0.3, -0.25) is 4.79 Å². The van der Waals surface area contributed by atoms with Crippen LogP contribution in [0.25, 0.3) is 4.96 Å². The molecule has 2 aliphatic rings. The molecule has 4 rings (SSSR count). The Labute approximate surface area is 133 Å². The van der Waals surface area contributed by atoms with Crippen LogP contribution in [0.15, 0.2) is 0 Å². The number of nitrogens with zero attached hydrogens (tertiary/aromatic N) is 5. The highest BCUT2D eigenvalue weighted by molar-refractivity contribution is 7.16. The maximum atomic E-state index is 12.3. The van der Waals surface area contributed by atoms with Crippen LogP contribution in [-0.4, -0.2) is 43.7 Å². The van der Waals surface area contributed by atoms with Gasteiger partial charge in [-0.15, -0.1) is 10.2 Å². The molecule has 0 unspecified atom stereocenters. The first-order valence-corrected chi connectivity index (χ1v) is 9.12. The van der Waals surface area contributed by atoms with Crippen LogP contribution in [0.1, 0.15) is 61.7 Å². The number of fused-ring (bicyclic) bond motifs is 1. The fourth-order valence-electron chi connectivity index (χ4n) is 3.06. The summed E-state index contributed by atoms with van der Waals surface area (Å²) < 4.78 is 1.88. The molecule has 0 atom stereocenters. The highest BCUT2D eigenvalue weighted by atomic mass is 32.1. The molecule has 6 nitrogen and oxygen atoms in total. The van der Waals surface area contributed by atoms with Crippen molar-refractivity contribution in [2.75, 3.05) is 13.1 Å². The van der Waals surface area contributed by atoms with E-state index in [9.17, 15) is 4.79 Å². The van der Waals surface area contributed by atoms with E-state index >= 15 is 0 Å². The average Bonchev–Trinajstić information content (AvgIpc) is 3.23. The van der Waals surface area contributed by atoms with E-state index in [1.165, 1.54) is 25.7 Å². The van der Waals surface area contributed by atoms with Crippen LogP contribution in [0.2, 0.25) is 0 Å². The minimum Gasteiger partial charge on any atom is -0.343 e. The third-order valence-electron chi connectivity index (χ3n) is 4.51. The molecule has 1 saturated heterocycles. The first kappa shape index (κ1) is 14.1. The Morgan fingerprint density at radius 2 is 1.91 bits per heavy atom. The molecule has 1 aliphatic heterocycles. The molecule has 2 fully saturated rings. The van der Waals surface area contributed by atoms with Crippen molar-refractivity contribution >= 4 is 22.2 Å². The van der Waals surface area contributed by atoms with Gasteiger partial charge in [-0.05, 0) is 25.7 Å². The zero-order chi connectivity index (χ0) is 14.9. The number of carbonyl (C=O) groups excluding carboxylic acids is 1. The molecule has 118 valence electrons. The predicted octanol–water partition coefficient (Wildman–Crippen LogP) is 2.40. The van der Waals surface area contributed by atoms with Gasteiger partial charge in [0.1, 0.15) is 5.01 Å². The lowest BCUT2D eigenvalue weighted by Crippen LogP contribution is -2.31. The summed E-state index contributed by atoms with van der Waals surface area (Å²) >= 11 is 1.56. The minimum atomic E-state index is 0.273. The SMILES string of the molecule is O=C(CCc1nn2c(C3CC3)nnc2s1)N1CCCCCC1. The van der Waals surface area contributed by atoms with E-state index < -0.39 is 0 Å². The molecule has 0 N–H and O–H groups in total. The number of hydrogen-bond donors (Lipinski definition) is 0. The molecular weight excluding hydrogens is 298 g/mol. The van der Waals surface area contributed by atoms with Crippen LogP contribution >= 0.6 is 11.3 Å². The van der Waals surface area contributed by atoms with Gasteiger partial charge in [-0.2, -0.15) is 9.61 Å². The lowest BCUT2D eigenvalue weighted by Gasteiger charge is -2.19. The normalized spacial score (nSPS) is 19.5. The van der Waals surface area contributed by atoms with E-state index in [1.54, 1.807) is 11.3 Å². The van der Waals surface area contributed by atoms with E-state index in [2.05, 4.69) is 15.3 Å². The average molecular weight is 319 g/mol. The predicted molar refractivity (Wildman–Crippen MR) is 84.0 cm³/mol. The third kappa shape index (κ3) is 2.86. The Kier molecular flexibility index (Phi) is 3.82. The number of aryl methyl sites for hydroxylation is 1. The van der Waals surface area contributed by atoms with Crippen molar-refractivity contribution in [1.29, 1.82) is 0 Å². The Balaban J connectivity index is 1.39. The Morgan fingerprint density at radius 1 is 1.14 bits per heavy atom. The number of carbonyl (C=O) groups is 1. The summed E-state index contributed by atoms with van der Waals surface area (Å²) in [5.74, 6) is 1.82. The second-order valence-electron chi connectivity index (χ2n) is 6.32. The third-order valence-corrected chi connectivity index (χ3v) is 5.47. The summed E-state index contributed by atoms with van der Waals surface area (Å²) in [7, 11) is 0. The van der Waals surface area contributed by atoms with Crippen molar-refractivity contribution in [3.05, 3.63) is 10.8 Å². The highest BCUT2D eigenvalue weighted by Gasteiger charge is 2.30. The van der Waals surface area contributed by atoms with Crippen molar-refractivity contribution in [3.8, 4) is 0 Å². The molecule has 0 spiro atoms. The first-order chi connectivity index (χ1) is 10.8. The minimum absolute atomic E-state index is 0.273. The fraction of sp³-hybridized carbons (Fsp3) is 0.733. The van der Waals surface area contributed by atoms with Crippen LogP contribution < -0.4 is 0 Å². The maximum Gasteiger partial charge on any atom is 0.234 e. The molecule has 22 heavy (non-hydrogen) atoms. The van der Waals surface area contributed by atoms with Crippen LogP contribution in [0, 0.1) is 0 Å². The summed E-state index contributed by atoms with van der Waals surface area (Å²) in [6.45, 7) is 1.85. The highest BCUT2D eigenvalue weighted by Crippen LogP contribution is 2.39. The fourth-order valence-corrected chi connectivity index (χ4v) is 3.90. The van der Waals surface area contributed by atoms with Gasteiger partial charge in [0, 0.05) is 31.8 Å². The zero-order valence-corrected chi connectivity index (χ0v) is 13.5. The van der Waals surface area contributed by atoms with Crippen LogP contribution in [0.4, 0.5) is 0 Å². The topological polar surface area (TPSA) is 63.4 Å². The van der Waals surface area contributed by atoms with Gasteiger partial charge in [0.2, 0.25) is 10.9 Å². The van der Waals surface area contributed by atoms with Gasteiger partial charge in [0.25, 0.3) is 0 Å². The Morgan fingerprint density at radius 3 is 2.64 bits per heavy atom. The van der Waals surface area contributed by atoms with Crippen molar-refractivity contribution in [2.24, 2.45) is 0 Å². The lowest BCUT2D eigenvalue weighted by atomic mass is 10.2. The molecule has 0 radical (unpaired) electrons. The molecule has 7 heteroatoms.